The van der Waals surface area contributed by atoms with Gasteiger partial charge in [0.05, 0.1) is 25.6 Å². The molecule has 0 spiro atoms. The first-order valence-electron chi connectivity index (χ1n) is 10.5. The van der Waals surface area contributed by atoms with Crippen LogP contribution in [-0.4, -0.2) is 85.2 Å². The fraction of sp³-hybridized carbons (Fsp3) is 0.455. The molecule has 2 aromatic heterocycles. The molecule has 178 valence electrons. The lowest BCUT2D eigenvalue weighted by Gasteiger charge is -2.25. The summed E-state index contributed by atoms with van der Waals surface area (Å²) in [6.07, 6.45) is 0. The minimum atomic E-state index is -0.427. The van der Waals surface area contributed by atoms with E-state index in [2.05, 4.69) is 70.3 Å². The van der Waals surface area contributed by atoms with E-state index in [-0.39, 0.29) is 0 Å². The summed E-state index contributed by atoms with van der Waals surface area (Å²) in [5.74, 6) is -0.855. The van der Waals surface area contributed by atoms with Crippen LogP contribution in [0.5, 0.6) is 0 Å². The summed E-state index contributed by atoms with van der Waals surface area (Å²) in [5.41, 5.74) is 2.34. The Morgan fingerprint density at radius 1 is 0.818 bits per heavy atom. The molecule has 0 aliphatic carbocycles. The molecule has 0 saturated carbocycles. The number of carbonyl (C=O) groups excluding carboxylic acids is 2. The predicted octanol–water partition coefficient (Wildman–Crippen LogP) is 2.17. The number of halogens is 2. The molecule has 1 aliphatic rings. The van der Waals surface area contributed by atoms with E-state index in [1.807, 2.05) is 12.1 Å². The molecule has 0 unspecified atom stereocenters. The van der Waals surface area contributed by atoms with Crippen molar-refractivity contribution in [2.24, 2.45) is 0 Å². The van der Waals surface area contributed by atoms with Crippen molar-refractivity contribution in [2.75, 3.05) is 53.5 Å². The molecule has 33 heavy (non-hydrogen) atoms. The van der Waals surface area contributed by atoms with Crippen molar-refractivity contribution in [1.82, 2.24) is 25.1 Å². The number of esters is 2. The van der Waals surface area contributed by atoms with E-state index in [0.717, 1.165) is 57.8 Å². The number of hydrogen-bond donors (Lipinski definition) is 1. The molecular weight excluding hydrogens is 652 g/mol. The van der Waals surface area contributed by atoms with Crippen molar-refractivity contribution in [1.29, 1.82) is 0 Å². The Bertz CT molecular complexity index is 914. The van der Waals surface area contributed by atoms with Crippen LogP contribution < -0.4 is 5.32 Å². The predicted molar refractivity (Wildman–Crippen MR) is 140 cm³/mol. The molecule has 0 radical (unpaired) electrons. The van der Waals surface area contributed by atoms with Crippen LogP contribution in [0, 0.1) is 7.14 Å². The van der Waals surface area contributed by atoms with Gasteiger partial charge in [0.25, 0.3) is 0 Å². The first kappa shape index (κ1) is 26.2. The Hall–Kier alpha value is -1.42. The molecule has 11 heteroatoms. The highest BCUT2D eigenvalue weighted by atomic mass is 127. The Kier molecular flexibility index (Phi) is 10.2. The smallest absolute Gasteiger partial charge is 0.356 e. The van der Waals surface area contributed by atoms with Crippen LogP contribution in [0.25, 0.3) is 0 Å². The van der Waals surface area contributed by atoms with Gasteiger partial charge in [0, 0.05) is 59.5 Å². The molecule has 1 aliphatic heterocycles. The number of nitrogens with zero attached hydrogens (tertiary/aromatic N) is 4. The van der Waals surface area contributed by atoms with Crippen LogP contribution in [0.2, 0.25) is 0 Å². The zero-order valence-corrected chi connectivity index (χ0v) is 23.0. The Morgan fingerprint density at radius 2 is 1.24 bits per heavy atom. The van der Waals surface area contributed by atoms with E-state index in [1.54, 1.807) is 12.1 Å². The highest BCUT2D eigenvalue weighted by molar-refractivity contribution is 14.1. The van der Waals surface area contributed by atoms with Crippen LogP contribution in [0.1, 0.15) is 32.4 Å². The standard InChI is InChI=1S/C22H27I2N5O4/c1-32-21(30)19-11-15(23)9-17(26-19)13-28-5-3-25-4-6-29(8-7-28)14-18-10-16(24)12-20(27-18)22(31)33-2/h9-12,25H,3-8,13-14H2,1-2H3. The number of nitrogens with one attached hydrogen (secondary N) is 1. The average molecular weight is 679 g/mol. The van der Waals surface area contributed by atoms with Gasteiger partial charge in [0.15, 0.2) is 0 Å². The van der Waals surface area contributed by atoms with Gasteiger partial charge in [0.1, 0.15) is 11.4 Å². The lowest BCUT2D eigenvalue weighted by Crippen LogP contribution is -2.36. The Morgan fingerprint density at radius 3 is 1.64 bits per heavy atom. The number of rotatable bonds is 6. The average Bonchev–Trinajstić information content (AvgIpc) is 2.89. The van der Waals surface area contributed by atoms with Crippen molar-refractivity contribution < 1.29 is 19.1 Å². The van der Waals surface area contributed by atoms with E-state index < -0.39 is 11.9 Å². The second-order valence-corrected chi connectivity index (χ2v) is 10.1. The van der Waals surface area contributed by atoms with Crippen molar-refractivity contribution in [3.63, 3.8) is 0 Å². The summed E-state index contributed by atoms with van der Waals surface area (Å²) in [5, 5.41) is 3.48. The van der Waals surface area contributed by atoms with Crippen molar-refractivity contribution in [3.05, 3.63) is 54.2 Å². The third-order valence-electron chi connectivity index (χ3n) is 5.19. The van der Waals surface area contributed by atoms with E-state index in [4.69, 9.17) is 9.47 Å². The fourth-order valence-electron chi connectivity index (χ4n) is 3.56. The maximum atomic E-state index is 11.9. The van der Waals surface area contributed by atoms with Crippen LogP contribution in [0.3, 0.4) is 0 Å². The number of carbonyl (C=O) groups is 2. The first-order chi connectivity index (χ1) is 15.9. The van der Waals surface area contributed by atoms with Crippen molar-refractivity contribution >= 4 is 57.1 Å². The largest absolute Gasteiger partial charge is 0.464 e. The first-order valence-corrected chi connectivity index (χ1v) is 12.7. The maximum absolute atomic E-state index is 11.9. The number of aromatic nitrogens is 2. The van der Waals surface area contributed by atoms with Gasteiger partial charge in [0.2, 0.25) is 0 Å². The molecular formula is C22H27I2N5O4. The molecule has 0 amide bonds. The summed E-state index contributed by atoms with van der Waals surface area (Å²) in [6.45, 7) is 6.47. The number of methoxy groups -OCH3 is 2. The summed E-state index contributed by atoms with van der Waals surface area (Å²) >= 11 is 4.39. The van der Waals surface area contributed by atoms with Crippen LogP contribution >= 0.6 is 45.2 Å². The van der Waals surface area contributed by atoms with Gasteiger partial charge in [-0.25, -0.2) is 19.6 Å². The molecule has 3 rings (SSSR count). The van der Waals surface area contributed by atoms with Gasteiger partial charge >= 0.3 is 11.9 Å². The van der Waals surface area contributed by atoms with Crippen LogP contribution in [0.4, 0.5) is 0 Å². The summed E-state index contributed by atoms with van der Waals surface area (Å²) in [7, 11) is 2.73. The van der Waals surface area contributed by atoms with Crippen molar-refractivity contribution in [2.45, 2.75) is 13.1 Å². The molecule has 3 heterocycles. The van der Waals surface area contributed by atoms with Gasteiger partial charge in [-0.05, 0) is 69.4 Å². The molecule has 1 saturated heterocycles. The van der Waals surface area contributed by atoms with Gasteiger partial charge < -0.3 is 14.8 Å². The second kappa shape index (κ2) is 12.9. The minimum absolute atomic E-state index is 0.328. The van der Waals surface area contributed by atoms with Gasteiger partial charge in [-0.15, -0.1) is 0 Å². The summed E-state index contributed by atoms with van der Waals surface area (Å²) in [4.78, 5) is 37.5. The highest BCUT2D eigenvalue weighted by Crippen LogP contribution is 2.14. The number of pyridine rings is 2. The van der Waals surface area contributed by atoms with E-state index in [0.29, 0.717) is 24.5 Å². The quantitative estimate of drug-likeness (QED) is 0.364. The van der Waals surface area contributed by atoms with Gasteiger partial charge in [-0.2, -0.15) is 0 Å². The van der Waals surface area contributed by atoms with E-state index in [1.165, 1.54) is 14.2 Å². The third-order valence-corrected chi connectivity index (χ3v) is 6.43. The molecule has 1 fully saturated rings. The van der Waals surface area contributed by atoms with E-state index in [9.17, 15) is 9.59 Å². The molecule has 0 bridgehead atoms. The maximum Gasteiger partial charge on any atom is 0.356 e. The topological polar surface area (TPSA) is 96.9 Å². The van der Waals surface area contributed by atoms with Gasteiger partial charge in [-0.1, -0.05) is 0 Å². The number of ether oxygens (including phenoxy) is 2. The Labute approximate surface area is 220 Å². The molecule has 9 nitrogen and oxygen atoms in total. The van der Waals surface area contributed by atoms with Gasteiger partial charge in [-0.3, -0.25) is 9.80 Å². The normalized spacial score (nSPS) is 15.9. The lowest BCUT2D eigenvalue weighted by atomic mass is 10.2. The zero-order valence-electron chi connectivity index (χ0n) is 18.6. The zero-order chi connectivity index (χ0) is 23.8. The van der Waals surface area contributed by atoms with Crippen molar-refractivity contribution in [3.8, 4) is 0 Å². The lowest BCUT2D eigenvalue weighted by molar-refractivity contribution is 0.0584. The van der Waals surface area contributed by atoms with Crippen LogP contribution in [0.15, 0.2) is 24.3 Å². The Balaban J connectivity index is 1.69. The third kappa shape index (κ3) is 8.09. The fourth-order valence-corrected chi connectivity index (χ4v) is 4.87. The monoisotopic (exact) mass is 679 g/mol. The highest BCUT2D eigenvalue weighted by Gasteiger charge is 2.17. The second-order valence-electron chi connectivity index (χ2n) is 7.61. The summed E-state index contributed by atoms with van der Waals surface area (Å²) in [6, 6.07) is 7.45. The molecule has 0 atom stereocenters. The minimum Gasteiger partial charge on any atom is -0.464 e. The number of hydrogen-bond acceptors (Lipinski definition) is 9. The molecule has 1 N–H and O–H groups in total. The van der Waals surface area contributed by atoms with Crippen LogP contribution in [-0.2, 0) is 22.6 Å². The summed E-state index contributed by atoms with van der Waals surface area (Å²) < 4.78 is 11.6. The van der Waals surface area contributed by atoms with E-state index >= 15 is 0 Å². The molecule has 0 aromatic carbocycles. The SMILES string of the molecule is COC(=O)c1cc(I)cc(CN2CCNCCN(Cc3cc(I)cc(C(=O)OC)n3)CC2)n1. The molecule has 2 aromatic rings.